The quantitative estimate of drug-likeness (QED) is 0.396. The van der Waals surface area contributed by atoms with Gasteiger partial charge in [-0.2, -0.15) is 0 Å². The minimum atomic E-state index is -0.0438. The van der Waals surface area contributed by atoms with Gasteiger partial charge < -0.3 is 10.2 Å². The zero-order valence-corrected chi connectivity index (χ0v) is 20.1. The van der Waals surface area contributed by atoms with Crippen LogP contribution >= 0.6 is 11.8 Å². The summed E-state index contributed by atoms with van der Waals surface area (Å²) in [4.78, 5) is 33.3. The van der Waals surface area contributed by atoms with Gasteiger partial charge in [-0.3, -0.25) is 14.2 Å². The Morgan fingerprint density at radius 3 is 2.50 bits per heavy atom. The molecule has 6 nitrogen and oxygen atoms in total. The lowest BCUT2D eigenvalue weighted by molar-refractivity contribution is -0.132. The summed E-state index contributed by atoms with van der Waals surface area (Å²) in [7, 11) is 0. The molecular weight excluding hydrogens is 444 g/mol. The van der Waals surface area contributed by atoms with Gasteiger partial charge in [0.05, 0.1) is 23.5 Å². The van der Waals surface area contributed by atoms with Gasteiger partial charge in [0.25, 0.3) is 5.56 Å². The molecule has 0 spiro atoms. The molecule has 176 valence electrons. The third-order valence-corrected chi connectivity index (χ3v) is 7.87. The normalized spacial score (nSPS) is 15.6. The molecule has 34 heavy (non-hydrogen) atoms. The molecule has 2 aromatic carbocycles. The number of rotatable bonds is 8. The van der Waals surface area contributed by atoms with Crippen molar-refractivity contribution in [2.75, 3.05) is 13.1 Å². The molecule has 3 aromatic rings. The van der Waals surface area contributed by atoms with E-state index in [0.717, 1.165) is 23.1 Å². The first kappa shape index (κ1) is 22.9. The Hall–Kier alpha value is -2.90. The summed E-state index contributed by atoms with van der Waals surface area (Å²) in [6, 6.07) is 19.9. The van der Waals surface area contributed by atoms with Crippen LogP contribution in [-0.4, -0.2) is 38.7 Å². The largest absolute Gasteiger partial charge is 0.338 e. The van der Waals surface area contributed by atoms with E-state index < -0.39 is 0 Å². The summed E-state index contributed by atoms with van der Waals surface area (Å²) < 4.78 is 1.75. The Balaban J connectivity index is 1.30. The zero-order chi connectivity index (χ0) is 23.3. The van der Waals surface area contributed by atoms with Crippen LogP contribution in [0.5, 0.6) is 0 Å². The number of amides is 1. The van der Waals surface area contributed by atoms with E-state index in [1.807, 2.05) is 53.4 Å². The fourth-order valence-corrected chi connectivity index (χ4v) is 5.69. The van der Waals surface area contributed by atoms with Gasteiger partial charge >= 0.3 is 0 Å². The van der Waals surface area contributed by atoms with Gasteiger partial charge in [0.1, 0.15) is 0 Å². The monoisotopic (exact) mass is 474 g/mol. The average molecular weight is 475 g/mol. The number of thioether (sulfide) groups is 1. The number of carbonyl (C=O) groups excluding carboxylic acids is 1. The molecule has 7 heteroatoms. The molecule has 0 atom stereocenters. The Kier molecular flexibility index (Phi) is 7.11. The van der Waals surface area contributed by atoms with Gasteiger partial charge in [0, 0.05) is 37.7 Å². The number of aromatic nitrogens is 2. The topological polar surface area (TPSA) is 67.2 Å². The van der Waals surface area contributed by atoms with Crippen molar-refractivity contribution in [2.45, 2.75) is 55.6 Å². The SMILES string of the molecule is O=C(CCNCc1ccccc1)N1CCc2nc(SC3CCC3)n(-c3ccccc3)c(=O)c2C1. The van der Waals surface area contributed by atoms with Crippen LogP contribution in [0.15, 0.2) is 70.6 Å². The first-order valence-electron chi connectivity index (χ1n) is 12.1. The van der Waals surface area contributed by atoms with Crippen LogP contribution in [0.4, 0.5) is 0 Å². The molecule has 1 aromatic heterocycles. The second-order valence-corrected chi connectivity index (χ2v) is 10.2. The predicted molar refractivity (Wildman–Crippen MR) is 135 cm³/mol. The van der Waals surface area contributed by atoms with E-state index in [4.69, 9.17) is 4.98 Å². The molecule has 1 saturated carbocycles. The Morgan fingerprint density at radius 2 is 1.79 bits per heavy atom. The highest BCUT2D eigenvalue weighted by atomic mass is 32.2. The van der Waals surface area contributed by atoms with E-state index >= 15 is 0 Å². The Labute approximate surface area is 204 Å². The average Bonchev–Trinajstić information content (AvgIpc) is 2.85. The smallest absolute Gasteiger partial charge is 0.264 e. The van der Waals surface area contributed by atoms with Crippen LogP contribution in [0.3, 0.4) is 0 Å². The first-order valence-corrected chi connectivity index (χ1v) is 13.0. The van der Waals surface area contributed by atoms with Crippen molar-refractivity contribution in [1.82, 2.24) is 19.8 Å². The summed E-state index contributed by atoms with van der Waals surface area (Å²) in [6.45, 7) is 2.30. The number of nitrogens with zero attached hydrogens (tertiary/aromatic N) is 3. The molecule has 0 radical (unpaired) electrons. The van der Waals surface area contributed by atoms with Gasteiger partial charge in [0.15, 0.2) is 5.16 Å². The van der Waals surface area contributed by atoms with Crippen molar-refractivity contribution in [3.63, 3.8) is 0 Å². The molecule has 2 heterocycles. The fraction of sp³-hybridized carbons (Fsp3) is 0.370. The molecule has 0 bridgehead atoms. The number of carbonyl (C=O) groups is 1. The van der Waals surface area contributed by atoms with E-state index in [0.29, 0.717) is 43.3 Å². The van der Waals surface area contributed by atoms with Crippen molar-refractivity contribution in [3.05, 3.63) is 87.8 Å². The van der Waals surface area contributed by atoms with Gasteiger partial charge in [-0.15, -0.1) is 0 Å². The van der Waals surface area contributed by atoms with Crippen molar-refractivity contribution in [3.8, 4) is 5.69 Å². The van der Waals surface area contributed by atoms with E-state index in [9.17, 15) is 9.59 Å². The van der Waals surface area contributed by atoms with Crippen LogP contribution in [-0.2, 0) is 24.3 Å². The molecule has 1 amide bonds. The fourth-order valence-electron chi connectivity index (χ4n) is 4.37. The molecule has 0 unspecified atom stereocenters. The molecule has 5 rings (SSSR count). The highest BCUT2D eigenvalue weighted by molar-refractivity contribution is 7.99. The highest BCUT2D eigenvalue weighted by Crippen LogP contribution is 2.36. The van der Waals surface area contributed by atoms with Crippen molar-refractivity contribution < 1.29 is 4.79 Å². The molecule has 0 saturated heterocycles. The van der Waals surface area contributed by atoms with Crippen LogP contribution in [0.25, 0.3) is 5.69 Å². The van der Waals surface area contributed by atoms with Gasteiger partial charge in [-0.25, -0.2) is 4.98 Å². The van der Waals surface area contributed by atoms with E-state index in [1.54, 1.807) is 16.3 Å². The van der Waals surface area contributed by atoms with Crippen LogP contribution < -0.4 is 10.9 Å². The van der Waals surface area contributed by atoms with Gasteiger partial charge in [-0.05, 0) is 30.5 Å². The zero-order valence-electron chi connectivity index (χ0n) is 19.3. The maximum Gasteiger partial charge on any atom is 0.264 e. The summed E-state index contributed by atoms with van der Waals surface area (Å²) >= 11 is 1.72. The molecule has 1 aliphatic heterocycles. The second-order valence-electron chi connectivity index (χ2n) is 8.94. The standard InChI is InChI=1S/C27H30N4O2S/c32-25(14-16-28-18-20-8-3-1-4-9-20)30-17-15-24-23(19-30)26(33)31(21-10-5-2-6-11-21)27(29-24)34-22-12-7-13-22/h1-6,8-11,22,28H,7,12-19H2. The van der Waals surface area contributed by atoms with Crippen molar-refractivity contribution >= 4 is 17.7 Å². The lowest BCUT2D eigenvalue weighted by Gasteiger charge is -2.30. The van der Waals surface area contributed by atoms with Crippen LogP contribution in [0.2, 0.25) is 0 Å². The lowest BCUT2D eigenvalue weighted by atomic mass is 10.0. The first-order chi connectivity index (χ1) is 16.7. The predicted octanol–water partition coefficient (Wildman–Crippen LogP) is 3.94. The number of para-hydroxylation sites is 1. The minimum Gasteiger partial charge on any atom is -0.338 e. The lowest BCUT2D eigenvalue weighted by Crippen LogP contribution is -2.42. The number of benzene rings is 2. The van der Waals surface area contributed by atoms with Crippen molar-refractivity contribution in [1.29, 1.82) is 0 Å². The number of nitrogens with one attached hydrogen (secondary N) is 1. The van der Waals surface area contributed by atoms with Crippen LogP contribution in [0, 0.1) is 0 Å². The minimum absolute atomic E-state index is 0.0438. The van der Waals surface area contributed by atoms with E-state index in [1.165, 1.54) is 24.8 Å². The van der Waals surface area contributed by atoms with Gasteiger partial charge in [-0.1, -0.05) is 66.7 Å². The maximum absolute atomic E-state index is 13.7. The highest BCUT2D eigenvalue weighted by Gasteiger charge is 2.28. The molecule has 1 aliphatic carbocycles. The summed E-state index contributed by atoms with van der Waals surface area (Å²) in [5.74, 6) is 0.0739. The third kappa shape index (κ3) is 5.10. The Bertz CT molecular complexity index is 1190. The summed E-state index contributed by atoms with van der Waals surface area (Å²) in [5, 5.41) is 4.66. The molecule has 1 N–H and O–H groups in total. The summed E-state index contributed by atoms with van der Waals surface area (Å²) in [5.41, 5.74) is 3.49. The Morgan fingerprint density at radius 1 is 1.06 bits per heavy atom. The molecule has 1 fully saturated rings. The third-order valence-electron chi connectivity index (χ3n) is 6.58. The molecule has 2 aliphatic rings. The van der Waals surface area contributed by atoms with E-state index in [2.05, 4.69) is 17.4 Å². The van der Waals surface area contributed by atoms with E-state index in [-0.39, 0.29) is 11.5 Å². The maximum atomic E-state index is 13.7. The number of hydrogen-bond acceptors (Lipinski definition) is 5. The second kappa shape index (κ2) is 10.6. The van der Waals surface area contributed by atoms with Gasteiger partial charge in [0.2, 0.25) is 5.91 Å². The number of hydrogen-bond donors (Lipinski definition) is 1. The summed E-state index contributed by atoms with van der Waals surface area (Å²) in [6.07, 6.45) is 4.63. The van der Waals surface area contributed by atoms with Crippen LogP contribution in [0.1, 0.15) is 42.5 Å². The van der Waals surface area contributed by atoms with Crippen molar-refractivity contribution in [2.24, 2.45) is 0 Å². The molecular formula is C27H30N4O2S. The number of fused-ring (bicyclic) bond motifs is 1.